The second kappa shape index (κ2) is 6.60. The van der Waals surface area contributed by atoms with Gasteiger partial charge in [-0.25, -0.2) is 18.4 Å². The van der Waals surface area contributed by atoms with E-state index in [2.05, 4.69) is 15.4 Å². The van der Waals surface area contributed by atoms with Crippen molar-refractivity contribution >= 4 is 22.6 Å². The van der Waals surface area contributed by atoms with E-state index in [1.54, 1.807) is 0 Å². The van der Waals surface area contributed by atoms with Gasteiger partial charge < -0.3 is 5.32 Å². The highest BCUT2D eigenvalue weighted by molar-refractivity contribution is 5.92. The van der Waals surface area contributed by atoms with E-state index in [0.29, 0.717) is 0 Å². The first kappa shape index (κ1) is 18.7. The first-order valence-electron chi connectivity index (χ1n) is 7.73. The van der Waals surface area contributed by atoms with Crippen LogP contribution in [0.15, 0.2) is 24.3 Å². The third-order valence-corrected chi connectivity index (χ3v) is 3.81. The van der Waals surface area contributed by atoms with E-state index in [4.69, 9.17) is 0 Å². The van der Waals surface area contributed by atoms with Crippen molar-refractivity contribution in [1.29, 1.82) is 0 Å². The normalized spacial score (nSPS) is 11.8. The largest absolute Gasteiger partial charge is 0.417 e. The number of carbonyl (C=O) groups excluding carboxylic acids is 1. The third kappa shape index (κ3) is 3.74. The van der Waals surface area contributed by atoms with Crippen molar-refractivity contribution in [3.63, 3.8) is 0 Å². The van der Waals surface area contributed by atoms with Gasteiger partial charge in [-0.3, -0.25) is 4.79 Å². The molecule has 0 saturated heterocycles. The van der Waals surface area contributed by atoms with E-state index in [9.17, 15) is 26.7 Å². The molecule has 27 heavy (non-hydrogen) atoms. The molecule has 5 nitrogen and oxygen atoms in total. The molecule has 0 spiro atoms. The van der Waals surface area contributed by atoms with E-state index < -0.39 is 35.8 Å². The molecule has 0 unspecified atom stereocenters. The molecule has 2 aromatic heterocycles. The number of amides is 1. The number of halogens is 5. The molecule has 0 fully saturated rings. The van der Waals surface area contributed by atoms with Gasteiger partial charge in [-0.2, -0.15) is 18.3 Å². The minimum Gasteiger partial charge on any atom is -0.322 e. The summed E-state index contributed by atoms with van der Waals surface area (Å²) in [6.45, 7) is 2.24. The highest BCUT2D eigenvalue weighted by Gasteiger charge is 2.35. The maximum Gasteiger partial charge on any atom is 0.417 e. The second-order valence-corrected chi connectivity index (χ2v) is 5.92. The van der Waals surface area contributed by atoms with Gasteiger partial charge in [-0.15, -0.1) is 0 Å². The standard InChI is InChI=1S/C17H13F5N4O/c1-8-5-11(17(20,21)22)15-9(2)25-26(16(15)23-8)7-14(27)24-13-6-10(18)3-4-12(13)19/h3-6H,7H2,1-2H3,(H,24,27). The summed E-state index contributed by atoms with van der Waals surface area (Å²) in [5.41, 5.74) is -1.24. The summed E-state index contributed by atoms with van der Waals surface area (Å²) in [5.74, 6) is -2.39. The Hall–Kier alpha value is -3.04. The van der Waals surface area contributed by atoms with Crippen LogP contribution in [-0.2, 0) is 17.5 Å². The molecule has 3 rings (SSSR count). The van der Waals surface area contributed by atoms with Crippen molar-refractivity contribution in [2.24, 2.45) is 0 Å². The number of fused-ring (bicyclic) bond motifs is 1. The van der Waals surface area contributed by atoms with E-state index in [0.717, 1.165) is 28.9 Å². The lowest BCUT2D eigenvalue weighted by molar-refractivity contribution is -0.136. The van der Waals surface area contributed by atoms with E-state index in [1.807, 2.05) is 0 Å². The topological polar surface area (TPSA) is 59.8 Å². The van der Waals surface area contributed by atoms with Gasteiger partial charge >= 0.3 is 6.18 Å². The van der Waals surface area contributed by atoms with Gasteiger partial charge in [0, 0.05) is 11.8 Å². The summed E-state index contributed by atoms with van der Waals surface area (Å²) in [5, 5.41) is 5.91. The predicted octanol–water partition coefficient (Wildman–Crippen LogP) is 3.98. The summed E-state index contributed by atoms with van der Waals surface area (Å²) in [6.07, 6.45) is -4.61. The van der Waals surface area contributed by atoms with Gasteiger partial charge in [-0.05, 0) is 32.0 Å². The number of anilines is 1. The average Bonchev–Trinajstić information content (AvgIpc) is 2.85. The Bertz CT molecular complexity index is 1040. The molecule has 3 aromatic rings. The number of aryl methyl sites for hydroxylation is 2. The number of aromatic nitrogens is 3. The molecule has 0 bridgehead atoms. The van der Waals surface area contributed by atoms with Crippen molar-refractivity contribution in [2.75, 3.05) is 5.32 Å². The van der Waals surface area contributed by atoms with Gasteiger partial charge in [0.15, 0.2) is 5.65 Å². The number of nitrogens with zero attached hydrogens (tertiary/aromatic N) is 3. The summed E-state index contributed by atoms with van der Waals surface area (Å²) >= 11 is 0. The van der Waals surface area contributed by atoms with E-state index in [1.165, 1.54) is 13.8 Å². The Labute approximate surface area is 149 Å². The molecule has 0 aliphatic heterocycles. The zero-order chi connectivity index (χ0) is 19.9. The molecule has 0 saturated carbocycles. The van der Waals surface area contributed by atoms with Crippen LogP contribution in [0, 0.1) is 25.5 Å². The van der Waals surface area contributed by atoms with Crippen molar-refractivity contribution in [1.82, 2.24) is 14.8 Å². The van der Waals surface area contributed by atoms with Crippen molar-refractivity contribution in [3.05, 3.63) is 52.9 Å². The van der Waals surface area contributed by atoms with Crippen molar-refractivity contribution < 1.29 is 26.7 Å². The third-order valence-electron chi connectivity index (χ3n) is 3.81. The van der Waals surface area contributed by atoms with Gasteiger partial charge in [0.2, 0.25) is 5.91 Å². The Morgan fingerprint density at radius 2 is 1.89 bits per heavy atom. The van der Waals surface area contributed by atoms with Crippen LogP contribution in [0.4, 0.5) is 27.6 Å². The van der Waals surface area contributed by atoms with Gasteiger partial charge in [0.05, 0.1) is 22.3 Å². The monoisotopic (exact) mass is 384 g/mol. The number of rotatable bonds is 3. The van der Waals surface area contributed by atoms with Crippen LogP contribution in [0.5, 0.6) is 0 Å². The van der Waals surface area contributed by atoms with Gasteiger partial charge in [0.1, 0.15) is 18.2 Å². The smallest absolute Gasteiger partial charge is 0.322 e. The molecule has 0 aliphatic rings. The lowest BCUT2D eigenvalue weighted by Crippen LogP contribution is -2.20. The van der Waals surface area contributed by atoms with Crippen molar-refractivity contribution in [3.8, 4) is 0 Å². The highest BCUT2D eigenvalue weighted by atomic mass is 19.4. The van der Waals surface area contributed by atoms with E-state index in [-0.39, 0.29) is 28.1 Å². The zero-order valence-corrected chi connectivity index (χ0v) is 14.2. The summed E-state index contributed by atoms with van der Waals surface area (Å²) in [7, 11) is 0. The minimum atomic E-state index is -4.61. The SMILES string of the molecule is Cc1cc(C(F)(F)F)c2c(C)nn(CC(=O)Nc3cc(F)ccc3F)c2n1. The fraction of sp³-hybridized carbons (Fsp3) is 0.235. The maximum absolute atomic E-state index is 13.6. The van der Waals surface area contributed by atoms with Crippen LogP contribution in [0.3, 0.4) is 0 Å². The van der Waals surface area contributed by atoms with Crippen LogP contribution in [0.1, 0.15) is 17.0 Å². The second-order valence-electron chi connectivity index (χ2n) is 5.92. The number of pyridine rings is 1. The number of nitrogens with one attached hydrogen (secondary N) is 1. The first-order chi connectivity index (χ1) is 12.6. The van der Waals surface area contributed by atoms with Crippen LogP contribution in [-0.4, -0.2) is 20.7 Å². The number of hydrogen-bond acceptors (Lipinski definition) is 3. The van der Waals surface area contributed by atoms with E-state index >= 15 is 0 Å². The molecule has 10 heteroatoms. The molecule has 0 atom stereocenters. The van der Waals surface area contributed by atoms with Crippen LogP contribution < -0.4 is 5.32 Å². The molecule has 1 amide bonds. The molecule has 0 radical (unpaired) electrons. The van der Waals surface area contributed by atoms with Gasteiger partial charge in [-0.1, -0.05) is 0 Å². The quantitative estimate of drug-likeness (QED) is 0.695. The Kier molecular flexibility index (Phi) is 4.58. The van der Waals surface area contributed by atoms with Crippen LogP contribution in [0.25, 0.3) is 11.0 Å². The van der Waals surface area contributed by atoms with Crippen LogP contribution in [0.2, 0.25) is 0 Å². The predicted molar refractivity (Wildman–Crippen MR) is 87.0 cm³/mol. The zero-order valence-electron chi connectivity index (χ0n) is 14.2. The Balaban J connectivity index is 1.97. The maximum atomic E-state index is 13.6. The molecule has 1 N–H and O–H groups in total. The molecule has 1 aromatic carbocycles. The number of alkyl halides is 3. The fourth-order valence-corrected chi connectivity index (χ4v) is 2.73. The van der Waals surface area contributed by atoms with Gasteiger partial charge in [0.25, 0.3) is 0 Å². The molecular weight excluding hydrogens is 371 g/mol. The summed E-state index contributed by atoms with van der Waals surface area (Å²) in [4.78, 5) is 16.2. The highest BCUT2D eigenvalue weighted by Crippen LogP contribution is 2.36. The summed E-state index contributed by atoms with van der Waals surface area (Å²) in [6, 6.07) is 3.44. The lowest BCUT2D eigenvalue weighted by atomic mass is 10.1. The number of hydrogen-bond donors (Lipinski definition) is 1. The molecule has 0 aliphatic carbocycles. The Morgan fingerprint density at radius 3 is 2.56 bits per heavy atom. The fourth-order valence-electron chi connectivity index (χ4n) is 2.73. The number of carbonyl (C=O) groups is 1. The number of benzene rings is 1. The molecular formula is C17H13F5N4O. The van der Waals surface area contributed by atoms with Crippen molar-refractivity contribution in [2.45, 2.75) is 26.6 Å². The average molecular weight is 384 g/mol. The first-order valence-corrected chi connectivity index (χ1v) is 7.73. The lowest BCUT2D eigenvalue weighted by Gasteiger charge is -2.10. The minimum absolute atomic E-state index is 0.0505. The summed E-state index contributed by atoms with van der Waals surface area (Å²) < 4.78 is 67.7. The molecule has 142 valence electrons. The Morgan fingerprint density at radius 1 is 1.19 bits per heavy atom. The van der Waals surface area contributed by atoms with Crippen LogP contribution >= 0.6 is 0 Å². The molecule has 2 heterocycles.